The minimum absolute atomic E-state index is 0.509. The summed E-state index contributed by atoms with van der Waals surface area (Å²) in [5.74, 6) is 0.516. The SMILES string of the molecule is CCC(C)(O)C(O)C1=CCCO1. The first-order valence-electron chi connectivity index (χ1n) is 4.31. The quantitative estimate of drug-likeness (QED) is 0.662. The summed E-state index contributed by atoms with van der Waals surface area (Å²) in [7, 11) is 0. The lowest BCUT2D eigenvalue weighted by Crippen LogP contribution is -2.39. The second-order valence-electron chi connectivity index (χ2n) is 3.36. The van der Waals surface area contributed by atoms with Gasteiger partial charge in [-0.2, -0.15) is 0 Å². The molecule has 0 bridgehead atoms. The van der Waals surface area contributed by atoms with E-state index in [2.05, 4.69) is 0 Å². The highest BCUT2D eigenvalue weighted by Crippen LogP contribution is 2.24. The normalized spacial score (nSPS) is 24.2. The maximum absolute atomic E-state index is 9.68. The monoisotopic (exact) mass is 172 g/mol. The Labute approximate surface area is 72.7 Å². The number of ether oxygens (including phenoxy) is 1. The molecule has 0 fully saturated rings. The molecule has 1 rings (SSSR count). The van der Waals surface area contributed by atoms with Crippen LogP contribution >= 0.6 is 0 Å². The van der Waals surface area contributed by atoms with E-state index in [4.69, 9.17) is 4.74 Å². The minimum Gasteiger partial charge on any atom is -0.495 e. The summed E-state index contributed by atoms with van der Waals surface area (Å²) in [6.07, 6.45) is 2.28. The Balaban J connectivity index is 2.62. The molecular formula is C9H16O3. The molecule has 0 saturated carbocycles. The van der Waals surface area contributed by atoms with Crippen molar-refractivity contribution >= 4 is 0 Å². The van der Waals surface area contributed by atoms with Crippen LogP contribution in [0.3, 0.4) is 0 Å². The van der Waals surface area contributed by atoms with Crippen LogP contribution in [0.25, 0.3) is 0 Å². The third-order valence-corrected chi connectivity index (χ3v) is 2.31. The Morgan fingerprint density at radius 2 is 2.42 bits per heavy atom. The number of aliphatic hydroxyl groups excluding tert-OH is 1. The fraction of sp³-hybridized carbons (Fsp3) is 0.778. The van der Waals surface area contributed by atoms with E-state index in [1.54, 1.807) is 6.92 Å². The van der Waals surface area contributed by atoms with Crippen LogP contribution in [0.2, 0.25) is 0 Å². The van der Waals surface area contributed by atoms with Gasteiger partial charge in [-0.05, 0) is 19.4 Å². The maximum atomic E-state index is 9.68. The zero-order valence-electron chi connectivity index (χ0n) is 7.58. The van der Waals surface area contributed by atoms with Crippen LogP contribution in [0, 0.1) is 0 Å². The zero-order chi connectivity index (χ0) is 9.19. The van der Waals surface area contributed by atoms with Gasteiger partial charge in [0.05, 0.1) is 12.2 Å². The van der Waals surface area contributed by atoms with E-state index in [1.807, 2.05) is 13.0 Å². The van der Waals surface area contributed by atoms with Gasteiger partial charge in [0.15, 0.2) is 0 Å². The van der Waals surface area contributed by atoms with Gasteiger partial charge in [0.2, 0.25) is 0 Å². The summed E-state index contributed by atoms with van der Waals surface area (Å²) in [6, 6.07) is 0. The predicted molar refractivity (Wildman–Crippen MR) is 45.6 cm³/mol. The second kappa shape index (κ2) is 3.46. The highest BCUT2D eigenvalue weighted by atomic mass is 16.5. The number of hydrogen-bond donors (Lipinski definition) is 2. The molecule has 0 spiro atoms. The van der Waals surface area contributed by atoms with Gasteiger partial charge >= 0.3 is 0 Å². The molecule has 0 aromatic carbocycles. The topological polar surface area (TPSA) is 49.7 Å². The molecule has 0 radical (unpaired) electrons. The van der Waals surface area contributed by atoms with Gasteiger partial charge < -0.3 is 14.9 Å². The van der Waals surface area contributed by atoms with Gasteiger partial charge in [-0.15, -0.1) is 0 Å². The van der Waals surface area contributed by atoms with Gasteiger partial charge in [-0.3, -0.25) is 0 Å². The number of rotatable bonds is 3. The lowest BCUT2D eigenvalue weighted by molar-refractivity contribution is -0.0657. The number of hydrogen-bond acceptors (Lipinski definition) is 3. The van der Waals surface area contributed by atoms with E-state index in [9.17, 15) is 10.2 Å². The maximum Gasteiger partial charge on any atom is 0.139 e. The van der Waals surface area contributed by atoms with Crippen molar-refractivity contribution in [3.63, 3.8) is 0 Å². The molecule has 1 heterocycles. The van der Waals surface area contributed by atoms with E-state index >= 15 is 0 Å². The Bertz CT molecular complexity index is 184. The summed E-state index contributed by atoms with van der Waals surface area (Å²) in [5, 5.41) is 19.3. The Morgan fingerprint density at radius 1 is 1.75 bits per heavy atom. The van der Waals surface area contributed by atoms with E-state index < -0.39 is 11.7 Å². The lowest BCUT2D eigenvalue weighted by Gasteiger charge is -2.27. The van der Waals surface area contributed by atoms with Gasteiger partial charge in [-0.1, -0.05) is 6.92 Å². The van der Waals surface area contributed by atoms with Crippen molar-refractivity contribution in [1.29, 1.82) is 0 Å². The summed E-state index contributed by atoms with van der Waals surface area (Å²) < 4.78 is 5.15. The van der Waals surface area contributed by atoms with Crippen molar-refractivity contribution < 1.29 is 14.9 Å². The van der Waals surface area contributed by atoms with Crippen molar-refractivity contribution in [2.75, 3.05) is 6.61 Å². The average Bonchev–Trinajstić information content (AvgIpc) is 2.55. The van der Waals surface area contributed by atoms with Crippen LogP contribution < -0.4 is 0 Å². The van der Waals surface area contributed by atoms with Crippen molar-refractivity contribution in [2.24, 2.45) is 0 Å². The van der Waals surface area contributed by atoms with E-state index in [0.717, 1.165) is 6.42 Å². The van der Waals surface area contributed by atoms with Crippen molar-refractivity contribution in [3.8, 4) is 0 Å². The zero-order valence-corrected chi connectivity index (χ0v) is 7.58. The summed E-state index contributed by atoms with van der Waals surface area (Å²) in [5.41, 5.74) is -1.07. The number of aliphatic hydroxyl groups is 2. The van der Waals surface area contributed by atoms with Gasteiger partial charge in [0, 0.05) is 6.42 Å². The third-order valence-electron chi connectivity index (χ3n) is 2.31. The largest absolute Gasteiger partial charge is 0.495 e. The molecule has 0 aromatic heterocycles. The molecule has 70 valence electrons. The van der Waals surface area contributed by atoms with Crippen LogP contribution in [0.15, 0.2) is 11.8 Å². The fourth-order valence-corrected chi connectivity index (χ4v) is 1.13. The van der Waals surface area contributed by atoms with Crippen LogP contribution in [-0.2, 0) is 4.74 Å². The van der Waals surface area contributed by atoms with Crippen LogP contribution in [0.5, 0.6) is 0 Å². The van der Waals surface area contributed by atoms with E-state index in [-0.39, 0.29) is 0 Å². The minimum atomic E-state index is -1.07. The van der Waals surface area contributed by atoms with Gasteiger partial charge in [0.25, 0.3) is 0 Å². The molecule has 0 saturated heterocycles. The fourth-order valence-electron chi connectivity index (χ4n) is 1.13. The molecule has 0 amide bonds. The average molecular weight is 172 g/mol. The predicted octanol–water partition coefficient (Wildman–Crippen LogP) is 0.812. The Kier molecular flexibility index (Phi) is 2.75. The lowest BCUT2D eigenvalue weighted by atomic mass is 9.94. The molecule has 2 N–H and O–H groups in total. The second-order valence-corrected chi connectivity index (χ2v) is 3.36. The smallest absolute Gasteiger partial charge is 0.139 e. The Morgan fingerprint density at radius 3 is 2.83 bits per heavy atom. The van der Waals surface area contributed by atoms with Crippen molar-refractivity contribution in [3.05, 3.63) is 11.8 Å². The van der Waals surface area contributed by atoms with Crippen LogP contribution in [0.1, 0.15) is 26.7 Å². The molecule has 0 aliphatic carbocycles. The van der Waals surface area contributed by atoms with Gasteiger partial charge in [0.1, 0.15) is 11.9 Å². The molecule has 1 aliphatic heterocycles. The molecule has 3 heteroatoms. The first kappa shape index (κ1) is 9.55. The Hall–Kier alpha value is -0.540. The molecule has 2 unspecified atom stereocenters. The molecular weight excluding hydrogens is 156 g/mol. The summed E-state index contributed by atoms with van der Waals surface area (Å²) in [6.45, 7) is 4.06. The van der Waals surface area contributed by atoms with Crippen LogP contribution in [-0.4, -0.2) is 28.5 Å². The highest BCUT2D eigenvalue weighted by molar-refractivity contribution is 5.09. The third kappa shape index (κ3) is 1.79. The standard InChI is InChI=1S/C9H16O3/c1-3-9(2,11)8(10)7-5-4-6-12-7/h5,8,10-11H,3-4,6H2,1-2H3. The molecule has 2 atom stereocenters. The first-order valence-corrected chi connectivity index (χ1v) is 4.31. The van der Waals surface area contributed by atoms with E-state index in [0.29, 0.717) is 18.8 Å². The van der Waals surface area contributed by atoms with Crippen molar-refractivity contribution in [2.45, 2.75) is 38.4 Å². The first-order chi connectivity index (χ1) is 5.58. The summed E-state index contributed by atoms with van der Waals surface area (Å²) >= 11 is 0. The highest BCUT2D eigenvalue weighted by Gasteiger charge is 2.33. The molecule has 1 aliphatic rings. The molecule has 0 aromatic rings. The van der Waals surface area contributed by atoms with Crippen molar-refractivity contribution in [1.82, 2.24) is 0 Å². The van der Waals surface area contributed by atoms with E-state index in [1.165, 1.54) is 0 Å². The van der Waals surface area contributed by atoms with Gasteiger partial charge in [-0.25, -0.2) is 0 Å². The van der Waals surface area contributed by atoms with Crippen LogP contribution in [0.4, 0.5) is 0 Å². The molecule has 12 heavy (non-hydrogen) atoms. The summed E-state index contributed by atoms with van der Waals surface area (Å²) in [4.78, 5) is 0. The molecule has 3 nitrogen and oxygen atoms in total.